The molecule has 0 amide bonds. The van der Waals surface area contributed by atoms with E-state index in [1.807, 2.05) is 0 Å². The van der Waals surface area contributed by atoms with Gasteiger partial charge in [0.15, 0.2) is 12.6 Å². The van der Waals surface area contributed by atoms with Crippen molar-refractivity contribution in [1.29, 1.82) is 0 Å². The summed E-state index contributed by atoms with van der Waals surface area (Å²) in [7, 11) is 1.48. The van der Waals surface area contributed by atoms with Crippen molar-refractivity contribution in [2.45, 2.75) is 0 Å². The third-order valence-corrected chi connectivity index (χ3v) is 2.69. The van der Waals surface area contributed by atoms with E-state index in [1.54, 1.807) is 12.1 Å². The van der Waals surface area contributed by atoms with E-state index in [2.05, 4.69) is 0 Å². The van der Waals surface area contributed by atoms with Crippen LogP contribution in [0.1, 0.15) is 20.7 Å². The molecular weight excluding hydrogens is 248 g/mol. The van der Waals surface area contributed by atoms with Crippen LogP contribution in [0.4, 0.5) is 0 Å². The van der Waals surface area contributed by atoms with Gasteiger partial charge in [0.25, 0.3) is 0 Å². The van der Waals surface area contributed by atoms with Crippen molar-refractivity contribution in [3.05, 3.63) is 52.1 Å². The van der Waals surface area contributed by atoms with E-state index < -0.39 is 5.43 Å². The summed E-state index contributed by atoms with van der Waals surface area (Å²) in [5, 5.41) is 0. The molecule has 0 aliphatic heterocycles. The number of ether oxygens (including phenoxy) is 1. The molecule has 2 aromatic rings. The van der Waals surface area contributed by atoms with E-state index in [4.69, 9.17) is 9.15 Å². The highest BCUT2D eigenvalue weighted by molar-refractivity contribution is 5.89. The summed E-state index contributed by atoms with van der Waals surface area (Å²) in [6, 6.07) is 4.69. The van der Waals surface area contributed by atoms with Crippen molar-refractivity contribution in [2.75, 3.05) is 7.11 Å². The van der Waals surface area contributed by atoms with Crippen molar-refractivity contribution in [3.8, 4) is 16.9 Å². The first kappa shape index (κ1) is 12.8. The summed E-state index contributed by atoms with van der Waals surface area (Å²) in [5.41, 5.74) is 0.239. The molecule has 0 saturated carbocycles. The Bertz CT molecular complexity index is 684. The van der Waals surface area contributed by atoms with Gasteiger partial charge in [0.05, 0.1) is 18.2 Å². The maximum atomic E-state index is 12.0. The van der Waals surface area contributed by atoms with Crippen LogP contribution in [-0.4, -0.2) is 19.7 Å². The SMILES string of the molecule is COc1ccc(C=O)c(-c2cocc(C=O)c2=O)c1. The Balaban J connectivity index is 2.73. The fourth-order valence-corrected chi connectivity index (χ4v) is 1.70. The summed E-state index contributed by atoms with van der Waals surface area (Å²) < 4.78 is 10.0. The van der Waals surface area contributed by atoms with Gasteiger partial charge >= 0.3 is 0 Å². The normalized spacial score (nSPS) is 9.95. The van der Waals surface area contributed by atoms with E-state index in [1.165, 1.54) is 19.4 Å². The molecule has 1 aromatic carbocycles. The van der Waals surface area contributed by atoms with Gasteiger partial charge in [-0.15, -0.1) is 0 Å². The Morgan fingerprint density at radius 3 is 2.42 bits per heavy atom. The molecule has 5 heteroatoms. The molecule has 0 unspecified atom stereocenters. The number of methoxy groups -OCH3 is 1. The predicted octanol–water partition coefficient (Wildman–Crippen LogP) is 1.94. The highest BCUT2D eigenvalue weighted by atomic mass is 16.5. The molecule has 0 bridgehead atoms. The summed E-state index contributed by atoms with van der Waals surface area (Å²) in [6.45, 7) is 0. The fraction of sp³-hybridized carbons (Fsp3) is 0.0714. The number of carbonyl (C=O) groups excluding carboxylic acids is 2. The van der Waals surface area contributed by atoms with Gasteiger partial charge in [-0.2, -0.15) is 0 Å². The number of benzene rings is 1. The number of hydrogen-bond acceptors (Lipinski definition) is 5. The van der Waals surface area contributed by atoms with E-state index >= 15 is 0 Å². The Morgan fingerprint density at radius 2 is 1.79 bits per heavy atom. The summed E-state index contributed by atoms with van der Waals surface area (Å²) in [6.07, 6.45) is 3.31. The lowest BCUT2D eigenvalue weighted by atomic mass is 10.0. The first-order valence-corrected chi connectivity index (χ1v) is 5.40. The lowest BCUT2D eigenvalue weighted by Gasteiger charge is -2.07. The van der Waals surface area contributed by atoms with Gasteiger partial charge in [-0.1, -0.05) is 0 Å². The maximum Gasteiger partial charge on any atom is 0.203 e. The van der Waals surface area contributed by atoms with Gasteiger partial charge in [0, 0.05) is 11.1 Å². The molecular formula is C14H10O5. The standard InChI is InChI=1S/C14H10O5/c1-18-11-3-2-9(5-15)12(4-11)13-8-19-7-10(6-16)14(13)17/h2-8H,1H3. The Morgan fingerprint density at radius 1 is 1.05 bits per heavy atom. The minimum absolute atomic E-state index is 0.0998. The van der Waals surface area contributed by atoms with Crippen LogP contribution in [0.3, 0.4) is 0 Å². The number of hydrogen-bond donors (Lipinski definition) is 0. The minimum Gasteiger partial charge on any atom is -0.497 e. The van der Waals surface area contributed by atoms with Gasteiger partial charge in [-0.3, -0.25) is 14.4 Å². The quantitative estimate of drug-likeness (QED) is 0.783. The van der Waals surface area contributed by atoms with E-state index in [0.29, 0.717) is 29.4 Å². The lowest BCUT2D eigenvalue weighted by Crippen LogP contribution is -2.10. The van der Waals surface area contributed by atoms with Crippen LogP contribution in [0.15, 0.2) is 39.9 Å². The molecule has 19 heavy (non-hydrogen) atoms. The molecule has 0 radical (unpaired) electrons. The van der Waals surface area contributed by atoms with E-state index in [0.717, 1.165) is 6.26 Å². The molecule has 1 aromatic heterocycles. The molecule has 0 N–H and O–H groups in total. The topological polar surface area (TPSA) is 73.6 Å². The fourth-order valence-electron chi connectivity index (χ4n) is 1.70. The van der Waals surface area contributed by atoms with Crippen molar-refractivity contribution >= 4 is 12.6 Å². The average Bonchev–Trinajstić information content (AvgIpc) is 2.47. The van der Waals surface area contributed by atoms with Crippen molar-refractivity contribution < 1.29 is 18.7 Å². The second-order valence-corrected chi connectivity index (χ2v) is 3.76. The zero-order chi connectivity index (χ0) is 13.8. The van der Waals surface area contributed by atoms with Gasteiger partial charge in [0.1, 0.15) is 18.3 Å². The van der Waals surface area contributed by atoms with Crippen LogP contribution in [0.2, 0.25) is 0 Å². The summed E-state index contributed by atoms with van der Waals surface area (Å²) >= 11 is 0. The van der Waals surface area contributed by atoms with Crippen molar-refractivity contribution in [1.82, 2.24) is 0 Å². The first-order chi connectivity index (χ1) is 9.21. The van der Waals surface area contributed by atoms with Crippen LogP contribution >= 0.6 is 0 Å². The van der Waals surface area contributed by atoms with Crippen LogP contribution in [0.25, 0.3) is 11.1 Å². The van der Waals surface area contributed by atoms with Crippen LogP contribution < -0.4 is 10.2 Å². The third-order valence-electron chi connectivity index (χ3n) is 2.69. The molecule has 0 spiro atoms. The smallest absolute Gasteiger partial charge is 0.203 e. The Kier molecular flexibility index (Phi) is 3.56. The molecule has 0 atom stereocenters. The minimum atomic E-state index is -0.488. The molecule has 0 aliphatic carbocycles. The molecule has 0 aliphatic rings. The zero-order valence-corrected chi connectivity index (χ0v) is 10.1. The number of aldehydes is 2. The van der Waals surface area contributed by atoms with Crippen LogP contribution in [-0.2, 0) is 0 Å². The first-order valence-electron chi connectivity index (χ1n) is 5.40. The van der Waals surface area contributed by atoms with Crippen molar-refractivity contribution in [2.24, 2.45) is 0 Å². The van der Waals surface area contributed by atoms with Crippen LogP contribution in [0, 0.1) is 0 Å². The van der Waals surface area contributed by atoms with Crippen LogP contribution in [0.5, 0.6) is 5.75 Å². The molecule has 96 valence electrons. The molecule has 1 heterocycles. The third kappa shape index (κ3) is 2.30. The average molecular weight is 258 g/mol. The lowest BCUT2D eigenvalue weighted by molar-refractivity contribution is 0.111. The van der Waals surface area contributed by atoms with E-state index in [-0.39, 0.29) is 11.1 Å². The monoisotopic (exact) mass is 258 g/mol. The largest absolute Gasteiger partial charge is 0.497 e. The Labute approximate surface area is 108 Å². The second kappa shape index (κ2) is 5.30. The number of rotatable bonds is 4. The van der Waals surface area contributed by atoms with Gasteiger partial charge < -0.3 is 9.15 Å². The van der Waals surface area contributed by atoms with Crippen molar-refractivity contribution in [3.63, 3.8) is 0 Å². The summed E-state index contributed by atoms with van der Waals surface area (Å²) in [5.74, 6) is 0.497. The predicted molar refractivity (Wildman–Crippen MR) is 67.7 cm³/mol. The zero-order valence-electron chi connectivity index (χ0n) is 10.1. The number of carbonyl (C=O) groups is 2. The summed E-state index contributed by atoms with van der Waals surface area (Å²) in [4.78, 5) is 33.8. The molecule has 5 nitrogen and oxygen atoms in total. The highest BCUT2D eigenvalue weighted by Gasteiger charge is 2.13. The maximum absolute atomic E-state index is 12.0. The Hall–Kier alpha value is -2.69. The highest BCUT2D eigenvalue weighted by Crippen LogP contribution is 2.25. The second-order valence-electron chi connectivity index (χ2n) is 3.76. The van der Waals surface area contributed by atoms with Gasteiger partial charge in [-0.25, -0.2) is 0 Å². The molecule has 0 saturated heterocycles. The molecule has 0 fully saturated rings. The van der Waals surface area contributed by atoms with Gasteiger partial charge in [-0.05, 0) is 18.2 Å². The van der Waals surface area contributed by atoms with Gasteiger partial charge in [0.2, 0.25) is 5.43 Å². The van der Waals surface area contributed by atoms with E-state index in [9.17, 15) is 14.4 Å². The molecule has 2 rings (SSSR count).